The van der Waals surface area contributed by atoms with Gasteiger partial charge in [-0.1, -0.05) is 24.3 Å². The van der Waals surface area contributed by atoms with Gasteiger partial charge in [0.2, 0.25) is 5.89 Å². The Balaban J connectivity index is 1.59. The van der Waals surface area contributed by atoms with Gasteiger partial charge >= 0.3 is 12.1 Å². The number of halogens is 3. The molecule has 3 rings (SSSR count). The van der Waals surface area contributed by atoms with E-state index in [1.165, 1.54) is 18.4 Å². The van der Waals surface area contributed by atoms with Gasteiger partial charge in [-0.15, -0.1) is 0 Å². The van der Waals surface area contributed by atoms with Crippen molar-refractivity contribution < 1.29 is 32.2 Å². The Morgan fingerprint density at radius 2 is 1.93 bits per heavy atom. The third-order valence-electron chi connectivity index (χ3n) is 3.86. The molecule has 0 aliphatic heterocycles. The van der Waals surface area contributed by atoms with Gasteiger partial charge in [-0.25, -0.2) is 4.98 Å². The second kappa shape index (κ2) is 8.64. The molecule has 0 saturated carbocycles. The predicted octanol–water partition coefficient (Wildman–Crippen LogP) is 5.08. The lowest BCUT2D eigenvalue weighted by Gasteiger charge is -2.06. The van der Waals surface area contributed by atoms with Crippen molar-refractivity contribution in [3.05, 3.63) is 77.7 Å². The number of nitrogens with zero attached hydrogens (tertiary/aromatic N) is 1. The molecule has 0 amide bonds. The first kappa shape index (κ1) is 20.2. The summed E-state index contributed by atoms with van der Waals surface area (Å²) in [5, 5.41) is 8.78. The van der Waals surface area contributed by atoms with Gasteiger partial charge in [0.05, 0.1) is 17.7 Å². The molecule has 29 heavy (non-hydrogen) atoms. The molecule has 0 aliphatic carbocycles. The molecule has 1 aromatic heterocycles. The van der Waals surface area contributed by atoms with E-state index in [1.54, 1.807) is 36.4 Å². The Labute approximate surface area is 164 Å². The van der Waals surface area contributed by atoms with Crippen LogP contribution >= 0.6 is 0 Å². The summed E-state index contributed by atoms with van der Waals surface area (Å²) in [6, 6.07) is 11.7. The molecular formula is C21H16F3NO4. The summed E-state index contributed by atoms with van der Waals surface area (Å²) in [5.41, 5.74) is 0.881. The maximum Gasteiger partial charge on any atom is 0.416 e. The van der Waals surface area contributed by atoms with Crippen LogP contribution in [-0.4, -0.2) is 22.7 Å². The van der Waals surface area contributed by atoms with Gasteiger partial charge in [-0.2, -0.15) is 13.2 Å². The van der Waals surface area contributed by atoms with Gasteiger partial charge in [0.25, 0.3) is 0 Å². The lowest BCUT2D eigenvalue weighted by Crippen LogP contribution is -2.03. The van der Waals surface area contributed by atoms with Crippen LogP contribution in [0.15, 0.2) is 65.3 Å². The van der Waals surface area contributed by atoms with E-state index in [-0.39, 0.29) is 18.9 Å². The summed E-state index contributed by atoms with van der Waals surface area (Å²) in [6.45, 7) is 0.209. The van der Waals surface area contributed by atoms with Crippen LogP contribution in [0.3, 0.4) is 0 Å². The van der Waals surface area contributed by atoms with Crippen LogP contribution in [0.1, 0.15) is 16.8 Å². The first-order chi connectivity index (χ1) is 13.8. The molecule has 0 saturated heterocycles. The number of ether oxygens (including phenoxy) is 1. The van der Waals surface area contributed by atoms with Crippen molar-refractivity contribution >= 4 is 12.0 Å². The molecule has 0 spiro atoms. The molecular weight excluding hydrogens is 387 g/mol. The average Bonchev–Trinajstić information content (AvgIpc) is 3.13. The SMILES string of the molecule is O=C(O)Cc1coc(-c2cccc(OC/C=C/c3ccc(C(F)(F)F)cc3)c2)n1. The third-order valence-corrected chi connectivity index (χ3v) is 3.86. The number of carbonyl (C=O) groups is 1. The standard InChI is InChI=1S/C21H16F3NO4/c22-21(23,24)16-8-6-14(7-9-16)3-2-10-28-18-5-1-4-15(11-18)20-25-17(13-29-20)12-19(26)27/h1-9,11,13H,10,12H2,(H,26,27)/b3-2+. The van der Waals surface area contributed by atoms with Crippen LogP contribution in [0.2, 0.25) is 0 Å². The smallest absolute Gasteiger partial charge is 0.416 e. The summed E-state index contributed by atoms with van der Waals surface area (Å²) >= 11 is 0. The minimum atomic E-state index is -4.35. The Bertz CT molecular complexity index is 1010. The average molecular weight is 403 g/mol. The number of rotatable bonds is 7. The van der Waals surface area contributed by atoms with Crippen LogP contribution in [0.5, 0.6) is 5.75 Å². The van der Waals surface area contributed by atoms with Crippen LogP contribution < -0.4 is 4.74 Å². The number of alkyl halides is 3. The topological polar surface area (TPSA) is 72.6 Å². The van der Waals surface area contributed by atoms with Gasteiger partial charge in [-0.3, -0.25) is 4.79 Å². The highest BCUT2D eigenvalue weighted by molar-refractivity contribution is 5.69. The second-order valence-electron chi connectivity index (χ2n) is 6.08. The highest BCUT2D eigenvalue weighted by Crippen LogP contribution is 2.29. The van der Waals surface area contributed by atoms with Crippen molar-refractivity contribution in [3.8, 4) is 17.2 Å². The number of carboxylic acid groups (broad SMARTS) is 1. The van der Waals surface area contributed by atoms with Crippen molar-refractivity contribution in [3.63, 3.8) is 0 Å². The van der Waals surface area contributed by atoms with E-state index < -0.39 is 17.7 Å². The van der Waals surface area contributed by atoms with Gasteiger partial charge in [0, 0.05) is 5.56 Å². The molecule has 8 heteroatoms. The summed E-state index contributed by atoms with van der Waals surface area (Å²) in [5.74, 6) is -0.175. The van der Waals surface area contributed by atoms with Crippen molar-refractivity contribution in [2.75, 3.05) is 6.61 Å². The van der Waals surface area contributed by atoms with Gasteiger partial charge in [0.15, 0.2) is 0 Å². The highest BCUT2D eigenvalue weighted by Gasteiger charge is 2.29. The minimum absolute atomic E-state index is 0.209. The third kappa shape index (κ3) is 5.71. The maximum absolute atomic E-state index is 12.6. The van der Waals surface area contributed by atoms with Crippen molar-refractivity contribution in [1.82, 2.24) is 4.98 Å². The van der Waals surface area contributed by atoms with Crippen molar-refractivity contribution in [2.24, 2.45) is 0 Å². The van der Waals surface area contributed by atoms with E-state index in [9.17, 15) is 18.0 Å². The Morgan fingerprint density at radius 1 is 1.17 bits per heavy atom. The quantitative estimate of drug-likeness (QED) is 0.596. The number of hydrogen-bond acceptors (Lipinski definition) is 4. The largest absolute Gasteiger partial charge is 0.490 e. The molecule has 0 fully saturated rings. The van der Waals surface area contributed by atoms with Crippen molar-refractivity contribution in [1.29, 1.82) is 0 Å². The predicted molar refractivity (Wildman–Crippen MR) is 99.3 cm³/mol. The first-order valence-electron chi connectivity index (χ1n) is 8.54. The fourth-order valence-corrected chi connectivity index (χ4v) is 2.51. The van der Waals surface area contributed by atoms with E-state index in [2.05, 4.69) is 4.98 Å². The number of aliphatic carboxylic acids is 1. The van der Waals surface area contributed by atoms with Crippen LogP contribution in [0.4, 0.5) is 13.2 Å². The van der Waals surface area contributed by atoms with Crippen LogP contribution in [0.25, 0.3) is 17.5 Å². The van der Waals surface area contributed by atoms with Gasteiger partial charge in [-0.05, 0) is 42.0 Å². The lowest BCUT2D eigenvalue weighted by atomic mass is 10.1. The van der Waals surface area contributed by atoms with E-state index in [0.717, 1.165) is 12.1 Å². The molecule has 1 heterocycles. The molecule has 0 radical (unpaired) electrons. The highest BCUT2D eigenvalue weighted by atomic mass is 19.4. The molecule has 0 atom stereocenters. The van der Waals surface area contributed by atoms with E-state index in [4.69, 9.17) is 14.3 Å². The number of aromatic nitrogens is 1. The maximum atomic E-state index is 12.6. The molecule has 2 aromatic carbocycles. The molecule has 1 N–H and O–H groups in total. The molecule has 0 unspecified atom stereocenters. The van der Waals surface area contributed by atoms with E-state index >= 15 is 0 Å². The van der Waals surface area contributed by atoms with Crippen LogP contribution in [-0.2, 0) is 17.4 Å². The zero-order valence-corrected chi connectivity index (χ0v) is 15.0. The molecule has 0 aliphatic rings. The lowest BCUT2D eigenvalue weighted by molar-refractivity contribution is -0.138. The Hall–Kier alpha value is -3.55. The number of benzene rings is 2. The molecule has 150 valence electrons. The van der Waals surface area contributed by atoms with Crippen LogP contribution in [0, 0.1) is 0 Å². The molecule has 0 bridgehead atoms. The summed E-state index contributed by atoms with van der Waals surface area (Å²) in [6.07, 6.45) is 0.0630. The summed E-state index contributed by atoms with van der Waals surface area (Å²) in [7, 11) is 0. The summed E-state index contributed by atoms with van der Waals surface area (Å²) in [4.78, 5) is 14.8. The zero-order valence-electron chi connectivity index (χ0n) is 15.0. The fraction of sp³-hybridized carbons (Fsp3) is 0.143. The number of carboxylic acids is 1. The van der Waals surface area contributed by atoms with E-state index in [1.807, 2.05) is 0 Å². The van der Waals surface area contributed by atoms with Gasteiger partial charge in [0.1, 0.15) is 18.6 Å². The first-order valence-corrected chi connectivity index (χ1v) is 8.54. The monoisotopic (exact) mass is 403 g/mol. The second-order valence-corrected chi connectivity index (χ2v) is 6.08. The Kier molecular flexibility index (Phi) is 6.01. The number of oxazole rings is 1. The zero-order chi connectivity index (χ0) is 20.9. The van der Waals surface area contributed by atoms with Crippen molar-refractivity contribution in [2.45, 2.75) is 12.6 Å². The van der Waals surface area contributed by atoms with Gasteiger partial charge < -0.3 is 14.3 Å². The number of hydrogen-bond donors (Lipinski definition) is 1. The fourth-order valence-electron chi connectivity index (χ4n) is 2.51. The molecule has 3 aromatic rings. The van der Waals surface area contributed by atoms with E-state index in [0.29, 0.717) is 22.6 Å². The normalized spacial score (nSPS) is 11.7. The summed E-state index contributed by atoms with van der Waals surface area (Å²) < 4.78 is 48.6. The minimum Gasteiger partial charge on any atom is -0.490 e. The Morgan fingerprint density at radius 3 is 2.62 bits per heavy atom. The molecule has 5 nitrogen and oxygen atoms in total.